The maximum atomic E-state index is 13.4. The van der Waals surface area contributed by atoms with Crippen molar-refractivity contribution in [3.8, 4) is 34.1 Å². The summed E-state index contributed by atoms with van der Waals surface area (Å²) in [5.74, 6) is 0.307. The molecule has 1 aliphatic rings. The van der Waals surface area contributed by atoms with Crippen LogP contribution in [0.4, 0.5) is 18.9 Å². The van der Waals surface area contributed by atoms with Crippen LogP contribution in [0.1, 0.15) is 33.6 Å². The first-order chi connectivity index (χ1) is 21.6. The molecule has 0 bridgehead atoms. The highest BCUT2D eigenvalue weighted by molar-refractivity contribution is 6.09. The van der Waals surface area contributed by atoms with E-state index in [1.165, 1.54) is 26.4 Å². The number of amides is 2. The summed E-state index contributed by atoms with van der Waals surface area (Å²) in [7, 11) is 3.05. The molecule has 8 nitrogen and oxygen atoms in total. The second-order valence-electron chi connectivity index (χ2n) is 10.3. The molecule has 11 heteroatoms. The van der Waals surface area contributed by atoms with Crippen molar-refractivity contribution in [3.63, 3.8) is 0 Å². The molecule has 0 atom stereocenters. The third-order valence-electron chi connectivity index (χ3n) is 7.31. The van der Waals surface area contributed by atoms with Crippen LogP contribution in [0.2, 0.25) is 0 Å². The third-order valence-corrected chi connectivity index (χ3v) is 7.31. The molecule has 1 heterocycles. The predicted octanol–water partition coefficient (Wildman–Crippen LogP) is 7.21. The van der Waals surface area contributed by atoms with Gasteiger partial charge in [0.25, 0.3) is 11.8 Å². The molecule has 0 unspecified atom stereocenters. The number of alkyl halides is 3. The van der Waals surface area contributed by atoms with E-state index in [0.717, 1.165) is 6.07 Å². The normalized spacial score (nSPS) is 13.6. The van der Waals surface area contributed by atoms with Crippen molar-refractivity contribution in [1.82, 2.24) is 4.90 Å². The van der Waals surface area contributed by atoms with E-state index in [4.69, 9.17) is 14.2 Å². The fourth-order valence-electron chi connectivity index (χ4n) is 5.14. The van der Waals surface area contributed by atoms with Gasteiger partial charge in [0.1, 0.15) is 17.6 Å². The first kappa shape index (κ1) is 31.2. The van der Waals surface area contributed by atoms with Crippen LogP contribution in [0.25, 0.3) is 11.1 Å². The summed E-state index contributed by atoms with van der Waals surface area (Å²) >= 11 is 0. The number of ether oxygens (including phenoxy) is 4. The number of hydrogen-bond donors (Lipinski definition) is 1. The highest BCUT2D eigenvalue weighted by Crippen LogP contribution is 2.32. The smallest absolute Gasteiger partial charge is 0.493 e. The quantitative estimate of drug-likeness (QED) is 0.213. The van der Waals surface area contributed by atoms with Crippen LogP contribution >= 0.6 is 0 Å². The van der Waals surface area contributed by atoms with Crippen molar-refractivity contribution in [2.75, 3.05) is 32.6 Å². The summed E-state index contributed by atoms with van der Waals surface area (Å²) in [6.45, 7) is 0.986. The Morgan fingerprint density at radius 1 is 0.800 bits per heavy atom. The van der Waals surface area contributed by atoms with E-state index in [-0.39, 0.29) is 17.6 Å². The van der Waals surface area contributed by atoms with Gasteiger partial charge in [-0.3, -0.25) is 9.59 Å². The zero-order valence-corrected chi connectivity index (χ0v) is 24.6. The van der Waals surface area contributed by atoms with E-state index in [2.05, 4.69) is 10.1 Å². The Kier molecular flexibility index (Phi) is 9.46. The Morgan fingerprint density at radius 2 is 1.53 bits per heavy atom. The Morgan fingerprint density at radius 3 is 2.22 bits per heavy atom. The fourth-order valence-corrected chi connectivity index (χ4v) is 5.14. The molecule has 4 aromatic rings. The molecule has 0 saturated carbocycles. The van der Waals surface area contributed by atoms with Gasteiger partial charge in [0, 0.05) is 43.2 Å². The van der Waals surface area contributed by atoms with Gasteiger partial charge in [0.15, 0.2) is 11.5 Å². The Bertz CT molecular complexity index is 1650. The molecule has 0 radical (unpaired) electrons. The molecular formula is C34H31F3N2O6. The van der Waals surface area contributed by atoms with Gasteiger partial charge in [-0.25, -0.2) is 0 Å². The molecule has 0 aliphatic carbocycles. The van der Waals surface area contributed by atoms with Gasteiger partial charge in [-0.05, 0) is 59.7 Å². The van der Waals surface area contributed by atoms with E-state index in [1.54, 1.807) is 77.7 Å². The molecule has 45 heavy (non-hydrogen) atoms. The number of piperidine rings is 1. The minimum absolute atomic E-state index is 0.0146. The van der Waals surface area contributed by atoms with Crippen molar-refractivity contribution < 1.29 is 41.7 Å². The lowest BCUT2D eigenvalue weighted by Crippen LogP contribution is -2.41. The second-order valence-corrected chi connectivity index (χ2v) is 10.3. The molecule has 1 N–H and O–H groups in total. The monoisotopic (exact) mass is 620 g/mol. The van der Waals surface area contributed by atoms with Crippen molar-refractivity contribution >= 4 is 17.5 Å². The number of likely N-dealkylation sites (tertiary alicyclic amines) is 1. The van der Waals surface area contributed by atoms with Crippen LogP contribution in [-0.2, 0) is 0 Å². The highest BCUT2D eigenvalue weighted by atomic mass is 19.4. The molecule has 5 rings (SSSR count). The maximum Gasteiger partial charge on any atom is 0.573 e. The molecule has 1 saturated heterocycles. The summed E-state index contributed by atoms with van der Waals surface area (Å²) in [5.41, 5.74) is 2.03. The van der Waals surface area contributed by atoms with Gasteiger partial charge in [-0.15, -0.1) is 13.2 Å². The molecule has 0 aromatic heterocycles. The van der Waals surface area contributed by atoms with Crippen molar-refractivity contribution in [2.45, 2.75) is 25.3 Å². The highest BCUT2D eigenvalue weighted by Gasteiger charge is 2.32. The lowest BCUT2D eigenvalue weighted by atomic mass is 9.98. The summed E-state index contributed by atoms with van der Waals surface area (Å²) in [6.07, 6.45) is -3.86. The summed E-state index contributed by atoms with van der Waals surface area (Å²) in [4.78, 5) is 28.2. The summed E-state index contributed by atoms with van der Waals surface area (Å²) < 4.78 is 59.5. The number of carbonyl (C=O) groups is 2. The maximum absolute atomic E-state index is 13.4. The average Bonchev–Trinajstić information content (AvgIpc) is 3.04. The third kappa shape index (κ3) is 7.86. The lowest BCUT2D eigenvalue weighted by molar-refractivity contribution is -0.274. The van der Waals surface area contributed by atoms with Gasteiger partial charge in [-0.1, -0.05) is 36.4 Å². The Balaban J connectivity index is 1.24. The first-order valence-electron chi connectivity index (χ1n) is 14.2. The van der Waals surface area contributed by atoms with Gasteiger partial charge < -0.3 is 29.2 Å². The van der Waals surface area contributed by atoms with Gasteiger partial charge in [0.2, 0.25) is 0 Å². The number of nitrogens with zero attached hydrogens (tertiary/aromatic N) is 1. The van der Waals surface area contributed by atoms with Crippen molar-refractivity contribution in [1.29, 1.82) is 0 Å². The number of nitrogens with one attached hydrogen (secondary N) is 1. The standard InChI is InChI=1S/C34H31F3N2O6/c1-42-30-14-11-23(19-31(30)43-2)33(41)39-17-15-25(16-18-39)44-26-10-6-9-24(20-26)38-32(40)29-21-27(45-34(35,36)37)12-13-28(29)22-7-4-3-5-8-22/h3-14,19-21,25H,15-18H2,1-2H3,(H,38,40). The average molecular weight is 621 g/mol. The largest absolute Gasteiger partial charge is 0.573 e. The molecule has 2 amide bonds. The molecule has 1 fully saturated rings. The number of hydrogen-bond acceptors (Lipinski definition) is 6. The van der Waals surface area contributed by atoms with E-state index in [9.17, 15) is 22.8 Å². The van der Waals surface area contributed by atoms with Crippen LogP contribution in [-0.4, -0.2) is 56.5 Å². The molecule has 4 aromatic carbocycles. The Labute approximate surface area is 258 Å². The Hall–Kier alpha value is -5.19. The number of rotatable bonds is 9. The summed E-state index contributed by atoms with van der Waals surface area (Å²) in [5, 5.41) is 2.77. The van der Waals surface area contributed by atoms with E-state index < -0.39 is 18.0 Å². The van der Waals surface area contributed by atoms with Gasteiger partial charge >= 0.3 is 6.36 Å². The lowest BCUT2D eigenvalue weighted by Gasteiger charge is -2.32. The van der Waals surface area contributed by atoms with Crippen LogP contribution in [0, 0.1) is 0 Å². The summed E-state index contributed by atoms with van der Waals surface area (Å²) in [6, 6.07) is 24.4. The number of benzene rings is 4. The van der Waals surface area contributed by atoms with Gasteiger partial charge in [0.05, 0.1) is 19.8 Å². The van der Waals surface area contributed by atoms with Crippen LogP contribution < -0.4 is 24.3 Å². The van der Waals surface area contributed by atoms with Crippen LogP contribution in [0.5, 0.6) is 23.0 Å². The van der Waals surface area contributed by atoms with Gasteiger partial charge in [-0.2, -0.15) is 0 Å². The van der Waals surface area contributed by atoms with Crippen molar-refractivity contribution in [3.05, 3.63) is 102 Å². The molecular weight excluding hydrogens is 589 g/mol. The predicted molar refractivity (Wildman–Crippen MR) is 162 cm³/mol. The molecule has 0 spiro atoms. The second kappa shape index (κ2) is 13.6. The van der Waals surface area contributed by atoms with Crippen LogP contribution in [0.3, 0.4) is 0 Å². The van der Waals surface area contributed by atoms with E-state index in [1.807, 2.05) is 0 Å². The van der Waals surface area contributed by atoms with Crippen molar-refractivity contribution in [2.24, 2.45) is 0 Å². The number of carbonyl (C=O) groups excluding carboxylic acids is 2. The number of halogens is 3. The minimum Gasteiger partial charge on any atom is -0.493 e. The minimum atomic E-state index is -4.90. The molecule has 1 aliphatic heterocycles. The van der Waals surface area contributed by atoms with E-state index in [0.29, 0.717) is 65.6 Å². The SMILES string of the molecule is COc1ccc(C(=O)N2CCC(Oc3cccc(NC(=O)c4cc(OC(F)(F)F)ccc4-c4ccccc4)c3)CC2)cc1OC. The number of methoxy groups -OCH3 is 2. The van der Waals surface area contributed by atoms with Crippen LogP contribution in [0.15, 0.2) is 91.0 Å². The van der Waals surface area contributed by atoms with E-state index >= 15 is 0 Å². The first-order valence-corrected chi connectivity index (χ1v) is 14.2. The molecule has 234 valence electrons. The zero-order chi connectivity index (χ0) is 32.0. The topological polar surface area (TPSA) is 86.3 Å². The zero-order valence-electron chi connectivity index (χ0n) is 24.6. The number of anilines is 1. The fraction of sp³-hybridized carbons (Fsp3) is 0.235.